The van der Waals surface area contributed by atoms with Gasteiger partial charge in [-0.1, -0.05) is 32.9 Å². The van der Waals surface area contributed by atoms with Gasteiger partial charge in [-0.2, -0.15) is 5.26 Å². The van der Waals surface area contributed by atoms with Crippen LogP contribution in [0.1, 0.15) is 32.8 Å². The third-order valence-corrected chi connectivity index (χ3v) is 3.75. The zero-order valence-electron chi connectivity index (χ0n) is 13.8. The van der Waals surface area contributed by atoms with Crippen molar-refractivity contribution >= 4 is 11.8 Å². The van der Waals surface area contributed by atoms with Crippen LogP contribution < -0.4 is 5.32 Å². The SMILES string of the molecule is COC(=O)C(NCc1ccc(F)cc1)(C(=O)CC#N)C(C)(C)C. The molecule has 5 nitrogen and oxygen atoms in total. The van der Waals surface area contributed by atoms with Crippen molar-refractivity contribution in [3.8, 4) is 6.07 Å². The maximum absolute atomic E-state index is 13.0. The summed E-state index contributed by atoms with van der Waals surface area (Å²) in [5.74, 6) is -1.67. The summed E-state index contributed by atoms with van der Waals surface area (Å²) >= 11 is 0. The van der Waals surface area contributed by atoms with E-state index in [0.717, 1.165) is 0 Å². The summed E-state index contributed by atoms with van der Waals surface area (Å²) in [6.45, 7) is 5.31. The smallest absolute Gasteiger partial charge is 0.334 e. The first kappa shape index (κ1) is 18.8. The van der Waals surface area contributed by atoms with Gasteiger partial charge in [0.05, 0.1) is 19.6 Å². The molecule has 0 aliphatic heterocycles. The number of nitriles is 1. The standard InChI is InChI=1S/C17H21FN2O3/c1-16(2,3)17(15(22)23-4,14(21)9-10-19)20-11-12-5-7-13(18)8-6-12/h5-8,20H,9,11H2,1-4H3. The number of nitrogens with zero attached hydrogens (tertiary/aromatic N) is 1. The molecule has 6 heteroatoms. The quantitative estimate of drug-likeness (QED) is 0.643. The number of esters is 1. The second-order valence-electron chi connectivity index (χ2n) is 6.23. The molecule has 1 rings (SSSR count). The Bertz CT molecular complexity index is 614. The van der Waals surface area contributed by atoms with Gasteiger partial charge in [-0.05, 0) is 23.1 Å². The van der Waals surface area contributed by atoms with E-state index in [-0.39, 0.29) is 12.4 Å². The lowest BCUT2D eigenvalue weighted by molar-refractivity contribution is -0.159. The van der Waals surface area contributed by atoms with Gasteiger partial charge < -0.3 is 4.74 Å². The maximum atomic E-state index is 13.0. The lowest BCUT2D eigenvalue weighted by atomic mass is 9.70. The number of ketones is 1. The summed E-state index contributed by atoms with van der Waals surface area (Å²) in [4.78, 5) is 24.9. The van der Waals surface area contributed by atoms with Crippen LogP contribution in [0.15, 0.2) is 24.3 Å². The van der Waals surface area contributed by atoms with E-state index in [4.69, 9.17) is 10.00 Å². The molecule has 0 radical (unpaired) electrons. The number of carbonyl (C=O) groups is 2. The van der Waals surface area contributed by atoms with Gasteiger partial charge in [0.2, 0.25) is 0 Å². The number of methoxy groups -OCH3 is 1. The van der Waals surface area contributed by atoms with Gasteiger partial charge in [0.25, 0.3) is 0 Å². The molecule has 0 bridgehead atoms. The lowest BCUT2D eigenvalue weighted by Crippen LogP contribution is -2.66. The van der Waals surface area contributed by atoms with E-state index in [1.165, 1.54) is 19.2 Å². The fourth-order valence-electron chi connectivity index (χ4n) is 2.47. The number of hydrogen-bond donors (Lipinski definition) is 1. The molecule has 1 N–H and O–H groups in total. The third-order valence-electron chi connectivity index (χ3n) is 3.75. The average Bonchev–Trinajstić information content (AvgIpc) is 2.48. The molecule has 0 aliphatic carbocycles. The van der Waals surface area contributed by atoms with Crippen LogP contribution in [0, 0.1) is 22.6 Å². The van der Waals surface area contributed by atoms with Gasteiger partial charge >= 0.3 is 5.97 Å². The van der Waals surface area contributed by atoms with E-state index in [2.05, 4.69) is 5.32 Å². The molecule has 124 valence electrons. The molecule has 1 atom stereocenters. The summed E-state index contributed by atoms with van der Waals surface area (Å²) in [7, 11) is 1.20. The van der Waals surface area contributed by atoms with E-state index >= 15 is 0 Å². The minimum absolute atomic E-state index is 0.157. The molecular formula is C17H21FN2O3. The number of hydrogen-bond acceptors (Lipinski definition) is 5. The minimum Gasteiger partial charge on any atom is -0.467 e. The lowest BCUT2D eigenvalue weighted by Gasteiger charge is -2.41. The van der Waals surface area contributed by atoms with Gasteiger partial charge in [0, 0.05) is 6.54 Å². The van der Waals surface area contributed by atoms with E-state index in [9.17, 15) is 14.0 Å². The number of ether oxygens (including phenoxy) is 1. The molecule has 1 aromatic carbocycles. The molecule has 0 spiro atoms. The highest BCUT2D eigenvalue weighted by Gasteiger charge is 2.55. The molecule has 1 aromatic rings. The highest BCUT2D eigenvalue weighted by molar-refractivity contribution is 6.10. The first-order valence-corrected chi connectivity index (χ1v) is 7.17. The molecule has 0 amide bonds. The average molecular weight is 320 g/mol. The van der Waals surface area contributed by atoms with Crippen LogP contribution in [0.25, 0.3) is 0 Å². The highest BCUT2D eigenvalue weighted by atomic mass is 19.1. The Morgan fingerprint density at radius 3 is 2.26 bits per heavy atom. The molecule has 0 saturated heterocycles. The number of carbonyl (C=O) groups excluding carboxylic acids is 2. The van der Waals surface area contributed by atoms with Crippen molar-refractivity contribution in [1.29, 1.82) is 5.26 Å². The number of halogens is 1. The molecule has 23 heavy (non-hydrogen) atoms. The van der Waals surface area contributed by atoms with Crippen LogP contribution in [0.3, 0.4) is 0 Å². The molecule has 0 aromatic heterocycles. The predicted molar refractivity (Wildman–Crippen MR) is 82.7 cm³/mol. The Kier molecular flexibility index (Phi) is 5.99. The summed E-state index contributed by atoms with van der Waals surface area (Å²) in [6.07, 6.45) is -0.414. The Labute approximate surface area is 135 Å². The summed E-state index contributed by atoms with van der Waals surface area (Å²) in [6, 6.07) is 7.49. The summed E-state index contributed by atoms with van der Waals surface area (Å²) in [5.41, 5.74) is -1.78. The van der Waals surface area contributed by atoms with Gasteiger partial charge in [-0.3, -0.25) is 10.1 Å². The maximum Gasteiger partial charge on any atom is 0.334 e. The van der Waals surface area contributed by atoms with Crippen LogP contribution in [0.5, 0.6) is 0 Å². The number of Topliss-reactive ketones (excluding diaryl/α,β-unsaturated/α-hetero) is 1. The second-order valence-corrected chi connectivity index (χ2v) is 6.23. The van der Waals surface area contributed by atoms with Gasteiger partial charge in [0.15, 0.2) is 11.3 Å². The molecular weight excluding hydrogens is 299 g/mol. The summed E-state index contributed by atoms with van der Waals surface area (Å²) in [5, 5.41) is 11.8. The van der Waals surface area contributed by atoms with Crippen molar-refractivity contribution < 1.29 is 18.7 Å². The number of benzene rings is 1. The zero-order chi connectivity index (χ0) is 17.7. The predicted octanol–water partition coefficient (Wildman–Crippen LogP) is 2.36. The topological polar surface area (TPSA) is 79.2 Å². The van der Waals surface area contributed by atoms with E-state index in [0.29, 0.717) is 5.56 Å². The Balaban J connectivity index is 3.21. The van der Waals surface area contributed by atoms with Crippen molar-refractivity contribution in [2.75, 3.05) is 7.11 Å². The van der Waals surface area contributed by atoms with E-state index < -0.39 is 29.1 Å². The van der Waals surface area contributed by atoms with Crippen LogP contribution in [0.4, 0.5) is 4.39 Å². The number of nitrogens with one attached hydrogen (secondary N) is 1. The van der Waals surface area contributed by atoms with Crippen LogP contribution >= 0.6 is 0 Å². The Morgan fingerprint density at radius 1 is 1.26 bits per heavy atom. The number of rotatable bonds is 6. The van der Waals surface area contributed by atoms with E-state index in [1.807, 2.05) is 0 Å². The first-order valence-electron chi connectivity index (χ1n) is 7.17. The van der Waals surface area contributed by atoms with Crippen LogP contribution in [0.2, 0.25) is 0 Å². The molecule has 0 fully saturated rings. The molecule has 0 aliphatic rings. The highest BCUT2D eigenvalue weighted by Crippen LogP contribution is 2.34. The van der Waals surface area contributed by atoms with Crippen molar-refractivity contribution in [1.82, 2.24) is 5.32 Å². The van der Waals surface area contributed by atoms with Crippen molar-refractivity contribution in [3.05, 3.63) is 35.6 Å². The Hall–Kier alpha value is -2.26. The van der Waals surface area contributed by atoms with Gasteiger partial charge in [-0.25, -0.2) is 9.18 Å². The first-order chi connectivity index (χ1) is 10.7. The Morgan fingerprint density at radius 2 is 1.83 bits per heavy atom. The van der Waals surface area contributed by atoms with Crippen LogP contribution in [-0.2, 0) is 20.9 Å². The molecule has 0 saturated carbocycles. The van der Waals surface area contributed by atoms with Gasteiger partial charge in [-0.15, -0.1) is 0 Å². The normalized spacial score (nSPS) is 13.7. The fourth-order valence-corrected chi connectivity index (χ4v) is 2.47. The van der Waals surface area contributed by atoms with Crippen molar-refractivity contribution in [2.24, 2.45) is 5.41 Å². The summed E-state index contributed by atoms with van der Waals surface area (Å²) < 4.78 is 17.8. The monoisotopic (exact) mass is 320 g/mol. The molecule has 1 unspecified atom stereocenters. The minimum atomic E-state index is -1.66. The van der Waals surface area contributed by atoms with Crippen molar-refractivity contribution in [3.63, 3.8) is 0 Å². The largest absolute Gasteiger partial charge is 0.467 e. The molecule has 0 heterocycles. The fraction of sp³-hybridized carbons (Fsp3) is 0.471. The van der Waals surface area contributed by atoms with E-state index in [1.54, 1.807) is 39.0 Å². The van der Waals surface area contributed by atoms with Crippen molar-refractivity contribution in [2.45, 2.75) is 39.3 Å². The van der Waals surface area contributed by atoms with Crippen LogP contribution in [-0.4, -0.2) is 24.4 Å². The third kappa shape index (κ3) is 3.93. The zero-order valence-corrected chi connectivity index (χ0v) is 13.8. The van der Waals surface area contributed by atoms with Gasteiger partial charge in [0.1, 0.15) is 5.82 Å². The second kappa shape index (κ2) is 7.34.